The fourth-order valence-corrected chi connectivity index (χ4v) is 4.09. The number of amides is 1. The van der Waals surface area contributed by atoms with Crippen LogP contribution in [-0.2, 0) is 0 Å². The van der Waals surface area contributed by atoms with Crippen molar-refractivity contribution in [1.29, 1.82) is 0 Å². The van der Waals surface area contributed by atoms with Gasteiger partial charge in [-0.15, -0.1) is 0 Å². The summed E-state index contributed by atoms with van der Waals surface area (Å²) in [6, 6.07) is 16.8. The van der Waals surface area contributed by atoms with Crippen molar-refractivity contribution < 1.29 is 14.3 Å². The molecule has 1 fully saturated rings. The third-order valence-electron chi connectivity index (χ3n) is 5.23. The summed E-state index contributed by atoms with van der Waals surface area (Å²) in [5.74, 6) is 2.46. The van der Waals surface area contributed by atoms with E-state index in [1.807, 2.05) is 66.4 Å². The number of aromatic nitrogens is 2. The number of methoxy groups -OCH3 is 1. The average Bonchev–Trinajstić information content (AvgIpc) is 2.79. The van der Waals surface area contributed by atoms with Crippen LogP contribution >= 0.6 is 15.9 Å². The zero-order valence-electron chi connectivity index (χ0n) is 17.4. The second-order valence-corrected chi connectivity index (χ2v) is 8.10. The summed E-state index contributed by atoms with van der Waals surface area (Å²) >= 11 is 3.48. The van der Waals surface area contributed by atoms with Crippen LogP contribution in [0.2, 0.25) is 0 Å². The molecule has 1 atom stereocenters. The molecule has 1 aliphatic rings. The molecule has 31 heavy (non-hydrogen) atoms. The molecular weight excluding hydrogens is 460 g/mol. The number of para-hydroxylation sites is 2. The van der Waals surface area contributed by atoms with Crippen LogP contribution in [-0.4, -0.2) is 53.6 Å². The standard InChI is InChI=1S/C23H23BrN4O3/c1-16-14-27(11-12-28(16)23(29)17-7-3-4-8-18(17)24)21-13-22(26-15-25-21)31-20-10-6-5-9-19(20)30-2/h3-10,13,15-16H,11-12,14H2,1-2H3. The maximum absolute atomic E-state index is 13.0. The maximum atomic E-state index is 13.0. The van der Waals surface area contributed by atoms with Crippen LogP contribution in [0.3, 0.4) is 0 Å². The van der Waals surface area contributed by atoms with E-state index in [4.69, 9.17) is 9.47 Å². The maximum Gasteiger partial charge on any atom is 0.255 e. The fourth-order valence-electron chi connectivity index (χ4n) is 3.63. The number of rotatable bonds is 5. The number of carbonyl (C=O) groups excluding carboxylic acids is 1. The lowest BCUT2D eigenvalue weighted by molar-refractivity contribution is 0.0672. The van der Waals surface area contributed by atoms with Crippen molar-refractivity contribution in [2.24, 2.45) is 0 Å². The topological polar surface area (TPSA) is 67.8 Å². The number of anilines is 1. The van der Waals surface area contributed by atoms with Gasteiger partial charge in [0.05, 0.1) is 12.7 Å². The van der Waals surface area contributed by atoms with E-state index in [0.717, 1.165) is 10.3 Å². The van der Waals surface area contributed by atoms with Crippen molar-refractivity contribution in [2.75, 3.05) is 31.6 Å². The van der Waals surface area contributed by atoms with Crippen molar-refractivity contribution in [3.05, 3.63) is 71.0 Å². The van der Waals surface area contributed by atoms with E-state index in [1.54, 1.807) is 7.11 Å². The van der Waals surface area contributed by atoms with E-state index in [1.165, 1.54) is 6.33 Å². The summed E-state index contributed by atoms with van der Waals surface area (Å²) in [6.45, 7) is 4.00. The number of ether oxygens (including phenoxy) is 2. The van der Waals surface area contributed by atoms with Crippen molar-refractivity contribution in [2.45, 2.75) is 13.0 Å². The molecule has 0 radical (unpaired) electrons. The Morgan fingerprint density at radius 1 is 1.06 bits per heavy atom. The SMILES string of the molecule is COc1ccccc1Oc1cc(N2CCN(C(=O)c3ccccc3Br)C(C)C2)ncn1. The van der Waals surface area contributed by atoms with Gasteiger partial charge in [0.25, 0.3) is 5.91 Å². The number of halogens is 1. The predicted molar refractivity (Wildman–Crippen MR) is 122 cm³/mol. The van der Waals surface area contributed by atoms with Gasteiger partial charge in [-0.1, -0.05) is 24.3 Å². The van der Waals surface area contributed by atoms with E-state index in [9.17, 15) is 4.79 Å². The minimum atomic E-state index is 0.0295. The molecule has 1 aromatic heterocycles. The van der Waals surface area contributed by atoms with E-state index >= 15 is 0 Å². The summed E-state index contributed by atoms with van der Waals surface area (Å²) < 4.78 is 12.1. The smallest absolute Gasteiger partial charge is 0.255 e. The number of carbonyl (C=O) groups is 1. The lowest BCUT2D eigenvalue weighted by Crippen LogP contribution is -2.54. The molecule has 4 rings (SSSR count). The molecule has 0 N–H and O–H groups in total. The normalized spacial score (nSPS) is 16.2. The second kappa shape index (κ2) is 9.34. The number of piperazine rings is 1. The molecule has 1 aliphatic heterocycles. The highest BCUT2D eigenvalue weighted by Gasteiger charge is 2.29. The zero-order valence-corrected chi connectivity index (χ0v) is 18.9. The van der Waals surface area contributed by atoms with Crippen molar-refractivity contribution in [3.8, 4) is 17.4 Å². The molecule has 0 spiro atoms. The van der Waals surface area contributed by atoms with E-state index in [0.29, 0.717) is 42.6 Å². The first-order chi connectivity index (χ1) is 15.1. The van der Waals surface area contributed by atoms with Crippen molar-refractivity contribution in [3.63, 3.8) is 0 Å². The van der Waals surface area contributed by atoms with Crippen LogP contribution < -0.4 is 14.4 Å². The minimum absolute atomic E-state index is 0.0295. The molecule has 7 nitrogen and oxygen atoms in total. The molecule has 1 saturated heterocycles. The average molecular weight is 483 g/mol. The van der Waals surface area contributed by atoms with Gasteiger partial charge in [0.1, 0.15) is 12.1 Å². The van der Waals surface area contributed by atoms with Crippen molar-refractivity contribution >= 4 is 27.7 Å². The first-order valence-corrected chi connectivity index (χ1v) is 10.8. The number of benzene rings is 2. The molecule has 1 amide bonds. The van der Waals surface area contributed by atoms with Crippen LogP contribution in [0.4, 0.5) is 5.82 Å². The van der Waals surface area contributed by atoms with Crippen LogP contribution in [0.25, 0.3) is 0 Å². The summed E-state index contributed by atoms with van der Waals surface area (Å²) in [4.78, 5) is 25.7. The molecule has 3 aromatic rings. The number of nitrogens with zero attached hydrogens (tertiary/aromatic N) is 4. The quantitative estimate of drug-likeness (QED) is 0.537. The highest BCUT2D eigenvalue weighted by Crippen LogP contribution is 2.31. The van der Waals surface area contributed by atoms with Crippen LogP contribution in [0.15, 0.2) is 65.4 Å². The van der Waals surface area contributed by atoms with Gasteiger partial charge in [-0.05, 0) is 47.1 Å². The zero-order chi connectivity index (χ0) is 21.8. The molecule has 8 heteroatoms. The monoisotopic (exact) mass is 482 g/mol. The Morgan fingerprint density at radius 2 is 1.81 bits per heavy atom. The molecule has 0 saturated carbocycles. The van der Waals surface area contributed by atoms with Gasteiger partial charge in [-0.25, -0.2) is 9.97 Å². The number of hydrogen-bond donors (Lipinski definition) is 0. The van der Waals surface area contributed by atoms with Gasteiger partial charge in [0, 0.05) is 36.2 Å². The summed E-state index contributed by atoms with van der Waals surface area (Å²) in [5, 5.41) is 0. The summed E-state index contributed by atoms with van der Waals surface area (Å²) in [5.41, 5.74) is 0.678. The lowest BCUT2D eigenvalue weighted by atomic mass is 10.1. The Balaban J connectivity index is 1.46. The van der Waals surface area contributed by atoms with Crippen LogP contribution in [0.5, 0.6) is 17.4 Å². The first-order valence-electron chi connectivity index (χ1n) is 10.00. The Hall–Kier alpha value is -3.13. The highest BCUT2D eigenvalue weighted by molar-refractivity contribution is 9.10. The number of hydrogen-bond acceptors (Lipinski definition) is 6. The van der Waals surface area contributed by atoms with E-state index in [2.05, 4.69) is 30.8 Å². The Bertz CT molecular complexity index is 1080. The van der Waals surface area contributed by atoms with Crippen LogP contribution in [0, 0.1) is 0 Å². The van der Waals surface area contributed by atoms with Gasteiger partial charge in [0.15, 0.2) is 11.5 Å². The third kappa shape index (κ3) is 4.64. The molecule has 160 valence electrons. The Labute approximate surface area is 189 Å². The van der Waals surface area contributed by atoms with Gasteiger partial charge >= 0.3 is 0 Å². The summed E-state index contributed by atoms with van der Waals surface area (Å²) in [7, 11) is 1.60. The molecule has 0 aliphatic carbocycles. The molecular formula is C23H23BrN4O3. The fraction of sp³-hybridized carbons (Fsp3) is 0.261. The van der Waals surface area contributed by atoms with Gasteiger partial charge in [-0.2, -0.15) is 0 Å². The van der Waals surface area contributed by atoms with Gasteiger partial charge in [-0.3, -0.25) is 4.79 Å². The lowest BCUT2D eigenvalue weighted by Gasteiger charge is -2.40. The molecule has 2 heterocycles. The Kier molecular flexibility index (Phi) is 6.36. The first kappa shape index (κ1) is 21.1. The molecule has 1 unspecified atom stereocenters. The predicted octanol–water partition coefficient (Wildman–Crippen LogP) is 4.39. The second-order valence-electron chi connectivity index (χ2n) is 7.24. The third-order valence-corrected chi connectivity index (χ3v) is 5.92. The largest absolute Gasteiger partial charge is 0.493 e. The van der Waals surface area contributed by atoms with E-state index < -0.39 is 0 Å². The van der Waals surface area contributed by atoms with Gasteiger partial charge < -0.3 is 19.3 Å². The van der Waals surface area contributed by atoms with Crippen molar-refractivity contribution in [1.82, 2.24) is 14.9 Å². The Morgan fingerprint density at radius 3 is 2.55 bits per heavy atom. The molecule has 2 aromatic carbocycles. The van der Waals surface area contributed by atoms with E-state index in [-0.39, 0.29) is 11.9 Å². The highest BCUT2D eigenvalue weighted by atomic mass is 79.9. The minimum Gasteiger partial charge on any atom is -0.493 e. The summed E-state index contributed by atoms with van der Waals surface area (Å²) in [6.07, 6.45) is 1.49. The molecule has 0 bridgehead atoms. The van der Waals surface area contributed by atoms with Gasteiger partial charge in [0.2, 0.25) is 5.88 Å². The van der Waals surface area contributed by atoms with Crippen LogP contribution in [0.1, 0.15) is 17.3 Å².